The average molecular weight is 635 g/mol. The maximum Gasteiger partial charge on any atom is 1.00 e. The third-order valence-corrected chi connectivity index (χ3v) is 14.5. The van der Waals surface area contributed by atoms with Crippen molar-refractivity contribution in [1.29, 1.82) is 0 Å². The minimum atomic E-state index is -4.69. The maximum absolute atomic E-state index is 12.4. The molecular weight excluding hydrogens is 597 g/mol. The van der Waals surface area contributed by atoms with Crippen molar-refractivity contribution in [3.05, 3.63) is 57.6 Å². The largest absolute Gasteiger partial charge is 1.00 e. The summed E-state index contributed by atoms with van der Waals surface area (Å²) in [4.78, 5) is -0.379. The Morgan fingerprint density at radius 2 is 1.27 bits per heavy atom. The van der Waals surface area contributed by atoms with E-state index in [1.54, 1.807) is 32.0 Å². The Morgan fingerprint density at radius 3 is 1.76 bits per heavy atom. The zero-order valence-electron chi connectivity index (χ0n) is 25.0. The van der Waals surface area contributed by atoms with Gasteiger partial charge in [0.05, 0.1) is 9.79 Å². The van der Waals surface area contributed by atoms with Gasteiger partial charge in [-0.2, -0.15) is 0 Å². The molecule has 2 aromatic carbocycles. The van der Waals surface area contributed by atoms with Gasteiger partial charge < -0.3 is 9.11 Å². The zero-order valence-corrected chi connectivity index (χ0v) is 31.5. The van der Waals surface area contributed by atoms with E-state index < -0.39 is 28.2 Å². The van der Waals surface area contributed by atoms with Crippen molar-refractivity contribution in [3.63, 3.8) is 0 Å². The summed E-state index contributed by atoms with van der Waals surface area (Å²) in [5, 5.41) is 1.15. The van der Waals surface area contributed by atoms with E-state index in [9.17, 15) is 25.9 Å². The van der Waals surface area contributed by atoms with Gasteiger partial charge in [-0.1, -0.05) is 58.6 Å². The summed E-state index contributed by atoms with van der Waals surface area (Å²) in [5.74, 6) is 0. The van der Waals surface area contributed by atoms with Gasteiger partial charge in [0.15, 0.2) is 0 Å². The van der Waals surface area contributed by atoms with E-state index in [0.29, 0.717) is 28.9 Å². The number of fused-ring (bicyclic) bond motifs is 1. The van der Waals surface area contributed by atoms with Gasteiger partial charge in [0, 0.05) is 0 Å². The van der Waals surface area contributed by atoms with Crippen LogP contribution in [0.5, 0.6) is 0 Å². The van der Waals surface area contributed by atoms with E-state index in [1.165, 1.54) is 44.6 Å². The molecule has 0 spiro atoms. The number of benzene rings is 2. The Bertz CT molecular complexity index is 1520. The smallest absolute Gasteiger partial charge is 0.744 e. The van der Waals surface area contributed by atoms with E-state index >= 15 is 0 Å². The molecule has 6 nitrogen and oxygen atoms in total. The monoisotopic (exact) mass is 634 g/mol. The third-order valence-electron chi connectivity index (χ3n) is 8.93. The predicted molar refractivity (Wildman–Crippen MR) is 154 cm³/mol. The Kier molecular flexibility index (Phi) is 12.5. The summed E-state index contributed by atoms with van der Waals surface area (Å²) < 4.78 is 73.4. The Hall–Kier alpha value is 0.430. The van der Waals surface area contributed by atoms with Gasteiger partial charge in [-0.15, -0.1) is 0 Å². The van der Waals surface area contributed by atoms with Crippen molar-refractivity contribution >= 4 is 39.0 Å². The summed E-state index contributed by atoms with van der Waals surface area (Å²) in [5.41, 5.74) is 6.48. The van der Waals surface area contributed by atoms with Crippen molar-refractivity contribution in [1.82, 2.24) is 0 Å². The van der Waals surface area contributed by atoms with E-state index in [-0.39, 0.29) is 68.9 Å². The minimum Gasteiger partial charge on any atom is -0.744 e. The number of hydrogen-bond acceptors (Lipinski definition) is 6. The molecule has 5 rings (SSSR count). The van der Waals surface area contributed by atoms with Crippen LogP contribution in [0.15, 0.2) is 34.1 Å². The fourth-order valence-electron chi connectivity index (χ4n) is 7.42. The quantitative estimate of drug-likeness (QED) is 0.266. The van der Waals surface area contributed by atoms with Gasteiger partial charge in [-0.3, -0.25) is 0 Å². The zero-order chi connectivity index (χ0) is 28.1. The number of allylic oxidation sites excluding steroid dienone is 1. The van der Waals surface area contributed by atoms with Crippen LogP contribution in [0.4, 0.5) is 0 Å². The molecule has 3 aliphatic carbocycles. The topological polar surface area (TPSA) is 114 Å². The van der Waals surface area contributed by atoms with Crippen LogP contribution in [0.2, 0.25) is 0 Å². The molecule has 2 fully saturated rings. The second kappa shape index (κ2) is 14.2. The molecule has 2 aromatic rings. The standard InChI is InChI=1S/C30H39O6PS2.2Na/c1-19-16-20(2)30(39(34,35)36)21(3)28(19)27-17-22-14-15-25(38(31,32)33)18-26(22)29(27)37(23-10-6-4-7-11-23)24-12-8-5-9-13-24;;/h14-16,18,23-24H,4-13,17H2,1-3H3,(H,31,32,33)(H,34,35,36);;/q;2*+1/p-2. The number of hydrogen-bond donors (Lipinski definition) is 0. The molecule has 212 valence electrons. The van der Waals surface area contributed by atoms with Crippen LogP contribution < -0.4 is 59.1 Å². The SMILES string of the molecule is Cc1cc(C)c(S(=O)(=O)[O-])c(C)c1C1=C(P(C2CCCCC2)C2CCCCC2)c2cc(S(=O)(=O)[O-])ccc2C1.[Na+].[Na+]. The van der Waals surface area contributed by atoms with Gasteiger partial charge >= 0.3 is 59.1 Å². The third kappa shape index (κ3) is 7.47. The molecule has 0 amide bonds. The number of rotatable bonds is 6. The summed E-state index contributed by atoms with van der Waals surface area (Å²) in [6.07, 6.45) is 12.3. The van der Waals surface area contributed by atoms with Crippen LogP contribution in [0.1, 0.15) is 97.6 Å². The Morgan fingerprint density at radius 1 is 0.732 bits per heavy atom. The first kappa shape index (κ1) is 35.9. The molecule has 0 aliphatic heterocycles. The molecular formula is C30H37Na2O6PS2. The Labute approximate surface area is 291 Å². The molecule has 0 unspecified atom stereocenters. The first-order valence-electron chi connectivity index (χ1n) is 14.1. The van der Waals surface area contributed by atoms with E-state index in [1.807, 2.05) is 6.92 Å². The molecule has 41 heavy (non-hydrogen) atoms. The second-order valence-electron chi connectivity index (χ2n) is 11.6. The Balaban J connectivity index is 0.00000231. The van der Waals surface area contributed by atoms with Gasteiger partial charge in [0.1, 0.15) is 20.2 Å². The molecule has 0 N–H and O–H groups in total. The van der Waals surface area contributed by atoms with Crippen LogP contribution in [-0.4, -0.2) is 37.3 Å². The fourth-order valence-corrected chi connectivity index (χ4v) is 13.0. The van der Waals surface area contributed by atoms with Gasteiger partial charge in [-0.05, 0) is 121 Å². The first-order valence-corrected chi connectivity index (χ1v) is 18.4. The van der Waals surface area contributed by atoms with Crippen molar-refractivity contribution in [2.24, 2.45) is 0 Å². The summed E-state index contributed by atoms with van der Waals surface area (Å²) in [6, 6.07) is 6.52. The van der Waals surface area contributed by atoms with Crippen LogP contribution >= 0.6 is 7.92 Å². The number of aryl methyl sites for hydroxylation is 2. The summed E-state index contributed by atoms with van der Waals surface area (Å²) >= 11 is 0. The van der Waals surface area contributed by atoms with Crippen LogP contribution in [0.3, 0.4) is 0 Å². The van der Waals surface area contributed by atoms with Crippen molar-refractivity contribution in [2.45, 2.75) is 113 Å². The molecule has 0 aromatic heterocycles. The molecule has 0 radical (unpaired) electrons. The summed E-state index contributed by atoms with van der Waals surface area (Å²) in [6.45, 7) is 5.35. The normalized spacial score (nSPS) is 18.7. The van der Waals surface area contributed by atoms with E-state index in [4.69, 9.17) is 0 Å². The van der Waals surface area contributed by atoms with Gasteiger partial charge in [-0.25, -0.2) is 16.8 Å². The first-order chi connectivity index (χ1) is 18.4. The molecule has 3 aliphatic rings. The molecule has 0 heterocycles. The molecule has 0 saturated heterocycles. The average Bonchev–Trinajstić information content (AvgIpc) is 3.22. The summed E-state index contributed by atoms with van der Waals surface area (Å²) in [7, 11) is -10.0. The fraction of sp³-hybridized carbons (Fsp3) is 0.533. The maximum atomic E-state index is 12.4. The van der Waals surface area contributed by atoms with Crippen molar-refractivity contribution in [3.8, 4) is 0 Å². The van der Waals surface area contributed by atoms with E-state index in [0.717, 1.165) is 58.8 Å². The molecule has 2 saturated carbocycles. The van der Waals surface area contributed by atoms with Crippen molar-refractivity contribution < 1.29 is 85.1 Å². The van der Waals surface area contributed by atoms with Crippen LogP contribution in [0, 0.1) is 20.8 Å². The second-order valence-corrected chi connectivity index (χ2v) is 17.0. The predicted octanol–water partition coefficient (Wildman–Crippen LogP) is 1.000. The van der Waals surface area contributed by atoms with E-state index in [2.05, 4.69) is 0 Å². The van der Waals surface area contributed by atoms with Crippen LogP contribution in [-0.2, 0) is 26.7 Å². The molecule has 0 bridgehead atoms. The molecule has 0 atom stereocenters. The van der Waals surface area contributed by atoms with Gasteiger partial charge in [0.2, 0.25) is 0 Å². The molecule has 11 heteroatoms. The van der Waals surface area contributed by atoms with Crippen LogP contribution in [0.25, 0.3) is 10.9 Å². The van der Waals surface area contributed by atoms with Crippen molar-refractivity contribution in [2.75, 3.05) is 0 Å². The van der Waals surface area contributed by atoms with Gasteiger partial charge in [0.25, 0.3) is 0 Å². The minimum absolute atomic E-state index is 0.